The third-order valence-electron chi connectivity index (χ3n) is 6.07. The number of aliphatic hydroxyl groups excluding tert-OH is 1. The zero-order valence-electron chi connectivity index (χ0n) is 17.1. The minimum atomic E-state index is -0.503. The van der Waals surface area contributed by atoms with E-state index in [2.05, 4.69) is 0 Å². The van der Waals surface area contributed by atoms with E-state index in [0.29, 0.717) is 56.2 Å². The summed E-state index contributed by atoms with van der Waals surface area (Å²) >= 11 is 0. The van der Waals surface area contributed by atoms with E-state index < -0.39 is 4.92 Å². The number of hydrogen-bond acceptors (Lipinski definition) is 6. The van der Waals surface area contributed by atoms with Gasteiger partial charge in [-0.05, 0) is 24.6 Å². The second kappa shape index (κ2) is 8.89. The average Bonchev–Trinajstić information content (AvgIpc) is 3.28. The molecule has 0 saturated carbocycles. The molecular weight excluding hydrogens is 403 g/mol. The Balaban J connectivity index is 1.54. The van der Waals surface area contributed by atoms with Crippen molar-refractivity contribution in [2.24, 2.45) is 5.92 Å². The highest BCUT2D eigenvalue weighted by molar-refractivity contribution is 6.00. The summed E-state index contributed by atoms with van der Waals surface area (Å²) in [6.07, 6.45) is 0.808. The molecule has 2 heterocycles. The molecule has 9 heteroatoms. The van der Waals surface area contributed by atoms with Crippen molar-refractivity contribution in [1.82, 2.24) is 4.90 Å². The SMILES string of the molecule is O=C(c1cc([N+](=O)[O-])ccc1N1CCC(CO)C1)N1CCN(c2ccccc2F)CC1. The van der Waals surface area contributed by atoms with Gasteiger partial charge >= 0.3 is 0 Å². The number of aliphatic hydroxyl groups is 1. The minimum absolute atomic E-state index is 0.0742. The summed E-state index contributed by atoms with van der Waals surface area (Å²) in [6.45, 7) is 3.12. The smallest absolute Gasteiger partial charge is 0.270 e. The van der Waals surface area contributed by atoms with Gasteiger partial charge in [0, 0.05) is 63.9 Å². The van der Waals surface area contributed by atoms with E-state index >= 15 is 0 Å². The lowest BCUT2D eigenvalue weighted by atomic mass is 10.1. The normalized spacial score (nSPS) is 19.0. The average molecular weight is 428 g/mol. The van der Waals surface area contributed by atoms with Crippen LogP contribution in [0.1, 0.15) is 16.8 Å². The lowest BCUT2D eigenvalue weighted by molar-refractivity contribution is -0.384. The third-order valence-corrected chi connectivity index (χ3v) is 6.07. The highest BCUT2D eigenvalue weighted by atomic mass is 19.1. The number of carbonyl (C=O) groups excluding carboxylic acids is 1. The van der Waals surface area contributed by atoms with Gasteiger partial charge < -0.3 is 19.8 Å². The van der Waals surface area contributed by atoms with Gasteiger partial charge in [-0.15, -0.1) is 0 Å². The molecule has 0 bridgehead atoms. The van der Waals surface area contributed by atoms with E-state index in [1.165, 1.54) is 18.2 Å². The number of nitro groups is 1. The molecule has 0 aliphatic carbocycles. The standard InChI is InChI=1S/C22H25FN4O4/c23-19-3-1-2-4-21(19)24-9-11-25(12-10-24)22(29)18-13-17(27(30)31)5-6-20(18)26-8-7-16(14-26)15-28/h1-6,13,16,28H,7-12,14-15H2. The topological polar surface area (TPSA) is 90.2 Å². The fourth-order valence-electron chi connectivity index (χ4n) is 4.31. The van der Waals surface area contributed by atoms with Gasteiger partial charge in [-0.3, -0.25) is 14.9 Å². The van der Waals surface area contributed by atoms with E-state index in [1.54, 1.807) is 29.2 Å². The molecule has 1 atom stereocenters. The van der Waals surface area contributed by atoms with Crippen LogP contribution in [-0.4, -0.2) is 66.7 Å². The van der Waals surface area contributed by atoms with Crippen molar-refractivity contribution in [3.63, 3.8) is 0 Å². The summed E-state index contributed by atoms with van der Waals surface area (Å²) in [4.78, 5) is 29.7. The Morgan fingerprint density at radius 3 is 2.45 bits per heavy atom. The first kappa shape index (κ1) is 21.0. The van der Waals surface area contributed by atoms with Crippen LogP contribution in [0.25, 0.3) is 0 Å². The van der Waals surface area contributed by atoms with Crippen LogP contribution in [0.2, 0.25) is 0 Å². The molecule has 8 nitrogen and oxygen atoms in total. The van der Waals surface area contributed by atoms with Crippen LogP contribution in [0.5, 0.6) is 0 Å². The third kappa shape index (κ3) is 4.32. The molecule has 2 aliphatic rings. The van der Waals surface area contributed by atoms with Crippen LogP contribution in [0.3, 0.4) is 0 Å². The van der Waals surface area contributed by atoms with Crippen LogP contribution in [0, 0.1) is 21.8 Å². The van der Waals surface area contributed by atoms with Crippen molar-refractivity contribution in [1.29, 1.82) is 0 Å². The monoisotopic (exact) mass is 428 g/mol. The zero-order chi connectivity index (χ0) is 22.0. The summed E-state index contributed by atoms with van der Waals surface area (Å²) in [5, 5.41) is 20.8. The van der Waals surface area contributed by atoms with Crippen LogP contribution in [0.4, 0.5) is 21.5 Å². The number of nitro benzene ring substituents is 1. The maximum absolute atomic E-state index is 14.1. The molecule has 2 aromatic rings. The molecule has 1 N–H and O–H groups in total. The van der Waals surface area contributed by atoms with Gasteiger partial charge in [0.2, 0.25) is 0 Å². The predicted octanol–water partition coefficient (Wildman–Crippen LogP) is 2.51. The number of hydrogen-bond donors (Lipinski definition) is 1. The number of rotatable bonds is 5. The van der Waals surface area contributed by atoms with Gasteiger partial charge in [-0.2, -0.15) is 0 Å². The Morgan fingerprint density at radius 2 is 1.81 bits per heavy atom. The van der Waals surface area contributed by atoms with Crippen LogP contribution in [0.15, 0.2) is 42.5 Å². The minimum Gasteiger partial charge on any atom is -0.396 e. The van der Waals surface area contributed by atoms with Crippen molar-refractivity contribution in [2.45, 2.75) is 6.42 Å². The van der Waals surface area contributed by atoms with E-state index in [4.69, 9.17) is 0 Å². The molecule has 0 radical (unpaired) electrons. The zero-order valence-corrected chi connectivity index (χ0v) is 17.1. The van der Waals surface area contributed by atoms with Gasteiger partial charge in [0.05, 0.1) is 21.9 Å². The number of carbonyl (C=O) groups is 1. The molecule has 0 spiro atoms. The summed E-state index contributed by atoms with van der Waals surface area (Å²) in [6, 6.07) is 10.9. The first-order valence-corrected chi connectivity index (χ1v) is 10.4. The maximum atomic E-state index is 14.1. The molecule has 31 heavy (non-hydrogen) atoms. The quantitative estimate of drug-likeness (QED) is 0.581. The van der Waals surface area contributed by atoms with Crippen molar-refractivity contribution in [3.05, 3.63) is 64.0 Å². The maximum Gasteiger partial charge on any atom is 0.270 e. The van der Waals surface area contributed by atoms with Gasteiger partial charge in [0.1, 0.15) is 5.82 Å². The molecule has 164 valence electrons. The Morgan fingerprint density at radius 1 is 1.06 bits per heavy atom. The first-order chi connectivity index (χ1) is 15.0. The number of piperazine rings is 1. The molecular formula is C22H25FN4O4. The number of halogens is 1. The van der Waals surface area contributed by atoms with E-state index in [1.807, 2.05) is 9.80 Å². The fraction of sp³-hybridized carbons (Fsp3) is 0.409. The van der Waals surface area contributed by atoms with E-state index in [9.17, 15) is 24.4 Å². The molecule has 2 fully saturated rings. The summed E-state index contributed by atoms with van der Waals surface area (Å²) in [5.41, 5.74) is 1.34. The predicted molar refractivity (Wildman–Crippen MR) is 115 cm³/mol. The second-order valence-electron chi connectivity index (χ2n) is 7.97. The highest BCUT2D eigenvalue weighted by Crippen LogP contribution is 2.31. The molecule has 2 aromatic carbocycles. The van der Waals surface area contributed by atoms with Gasteiger partial charge in [-0.1, -0.05) is 12.1 Å². The molecule has 2 saturated heterocycles. The lowest BCUT2D eigenvalue weighted by Gasteiger charge is -2.36. The first-order valence-electron chi connectivity index (χ1n) is 10.4. The van der Waals surface area contributed by atoms with E-state index in [-0.39, 0.29) is 29.9 Å². The van der Waals surface area contributed by atoms with Crippen molar-refractivity contribution >= 4 is 23.0 Å². The Labute approximate surface area is 179 Å². The van der Waals surface area contributed by atoms with Gasteiger partial charge in [0.25, 0.3) is 11.6 Å². The largest absolute Gasteiger partial charge is 0.396 e. The summed E-state index contributed by atoms with van der Waals surface area (Å²) < 4.78 is 14.1. The van der Waals surface area contributed by atoms with Crippen LogP contribution >= 0.6 is 0 Å². The van der Waals surface area contributed by atoms with Crippen molar-refractivity contribution < 1.29 is 19.2 Å². The Bertz CT molecular complexity index is 978. The molecule has 4 rings (SSSR count). The molecule has 1 unspecified atom stereocenters. The van der Waals surface area contributed by atoms with Crippen LogP contribution in [-0.2, 0) is 0 Å². The fourth-order valence-corrected chi connectivity index (χ4v) is 4.31. The van der Waals surface area contributed by atoms with Gasteiger partial charge in [-0.25, -0.2) is 4.39 Å². The number of amides is 1. The number of benzene rings is 2. The number of anilines is 2. The van der Waals surface area contributed by atoms with E-state index in [0.717, 1.165) is 6.42 Å². The lowest BCUT2D eigenvalue weighted by Crippen LogP contribution is -2.49. The van der Waals surface area contributed by atoms with Gasteiger partial charge in [0.15, 0.2) is 0 Å². The summed E-state index contributed by atoms with van der Waals surface area (Å²) in [5.74, 6) is -0.433. The Kier molecular flexibility index (Phi) is 6.03. The van der Waals surface area contributed by atoms with Crippen molar-refractivity contribution in [3.8, 4) is 0 Å². The number of para-hydroxylation sites is 1. The second-order valence-corrected chi connectivity index (χ2v) is 7.97. The molecule has 2 aliphatic heterocycles. The Hall–Kier alpha value is -3.20. The number of non-ortho nitro benzene ring substituents is 1. The number of nitrogens with zero attached hydrogens (tertiary/aromatic N) is 4. The van der Waals surface area contributed by atoms with Crippen molar-refractivity contribution in [2.75, 3.05) is 55.7 Å². The molecule has 0 aromatic heterocycles. The molecule has 1 amide bonds. The highest BCUT2D eigenvalue weighted by Gasteiger charge is 2.30. The van der Waals surface area contributed by atoms with Crippen LogP contribution < -0.4 is 9.80 Å². The summed E-state index contributed by atoms with van der Waals surface area (Å²) in [7, 11) is 0.